The molecule has 0 saturated carbocycles. The van der Waals surface area contributed by atoms with Gasteiger partial charge in [0.15, 0.2) is 23.0 Å². The van der Waals surface area contributed by atoms with Crippen molar-refractivity contribution in [3.05, 3.63) is 72.8 Å². The highest BCUT2D eigenvalue weighted by atomic mass is 32.3. The Labute approximate surface area is 215 Å². The molecule has 6 N–H and O–H groups in total. The van der Waals surface area contributed by atoms with Crippen LogP contribution in [0.1, 0.15) is 11.1 Å². The van der Waals surface area contributed by atoms with Crippen LogP contribution in [0.5, 0.6) is 23.0 Å². The molecular weight excluding hydrogens is 528 g/mol. The number of aromatic nitrogens is 6. The first-order chi connectivity index (χ1) is 17.6. The van der Waals surface area contributed by atoms with Crippen LogP contribution in [0.4, 0.5) is 0 Å². The molecule has 38 heavy (non-hydrogen) atoms. The fourth-order valence-corrected chi connectivity index (χ4v) is 2.40. The number of aromatic amines is 2. The number of ether oxygens (including phenoxy) is 2. The normalized spacial score (nSPS) is 10.6. The fourth-order valence-electron chi connectivity index (χ4n) is 2.40. The lowest BCUT2D eigenvalue weighted by Crippen LogP contribution is -2.23. The average Bonchev–Trinajstić information content (AvgIpc) is 3.55. The first-order valence-corrected chi connectivity index (χ1v) is 11.2. The lowest BCUT2D eigenvalue weighted by molar-refractivity contribution is -0.678. The number of benzene rings is 2. The smallest absolute Gasteiger partial charge is 0.288 e. The highest BCUT2D eigenvalue weighted by Gasteiger charge is 2.02. The van der Waals surface area contributed by atoms with E-state index in [-0.39, 0.29) is 17.0 Å². The van der Waals surface area contributed by atoms with Crippen LogP contribution in [0, 0.1) is 0 Å². The van der Waals surface area contributed by atoms with Gasteiger partial charge in [0.05, 0.1) is 26.6 Å². The van der Waals surface area contributed by atoms with Gasteiger partial charge in [-0.1, -0.05) is 0 Å². The van der Waals surface area contributed by atoms with Crippen LogP contribution in [-0.4, -0.2) is 80.3 Å². The molecule has 204 valence electrons. The topological polar surface area (TPSA) is 261 Å². The molecule has 0 atom stereocenters. The summed E-state index contributed by atoms with van der Waals surface area (Å²) in [6.07, 6.45) is 9.46. The van der Waals surface area contributed by atoms with Crippen molar-refractivity contribution in [2.75, 3.05) is 14.2 Å². The van der Waals surface area contributed by atoms with Crippen LogP contribution in [0.3, 0.4) is 0 Å². The van der Waals surface area contributed by atoms with E-state index in [1.54, 1.807) is 61.5 Å². The lowest BCUT2D eigenvalue weighted by atomic mass is 10.2. The molecule has 0 aliphatic heterocycles. The van der Waals surface area contributed by atoms with Crippen molar-refractivity contribution in [2.45, 2.75) is 0 Å². The van der Waals surface area contributed by atoms with Gasteiger partial charge < -0.3 is 34.3 Å². The number of phenolic OH excluding ortho intramolecular Hbond substituents is 2. The number of rotatable bonds is 6. The Kier molecular flexibility index (Phi) is 12.5. The molecule has 4 aromatic rings. The van der Waals surface area contributed by atoms with E-state index in [1.807, 2.05) is 0 Å². The molecule has 0 spiro atoms. The van der Waals surface area contributed by atoms with E-state index in [2.05, 4.69) is 30.6 Å². The van der Waals surface area contributed by atoms with Gasteiger partial charge in [0.1, 0.15) is 0 Å². The Morgan fingerprint density at radius 3 is 1.47 bits per heavy atom. The first-order valence-electron chi connectivity index (χ1n) is 9.88. The summed E-state index contributed by atoms with van der Waals surface area (Å²) in [6, 6.07) is 10.1. The van der Waals surface area contributed by atoms with Crippen LogP contribution < -0.4 is 18.8 Å². The van der Waals surface area contributed by atoms with Gasteiger partial charge in [-0.05, 0) is 47.5 Å². The minimum atomic E-state index is -5.17. The van der Waals surface area contributed by atoms with E-state index in [1.165, 1.54) is 36.2 Å². The van der Waals surface area contributed by atoms with Crippen LogP contribution >= 0.6 is 0 Å². The highest BCUT2D eigenvalue weighted by molar-refractivity contribution is 7.79. The Morgan fingerprint density at radius 1 is 0.842 bits per heavy atom. The van der Waals surface area contributed by atoms with Crippen molar-refractivity contribution in [2.24, 2.45) is 10.2 Å². The molecule has 0 aliphatic rings. The molecule has 0 unspecified atom stereocenters. The maximum absolute atomic E-state index is 9.54. The quantitative estimate of drug-likeness (QED) is 0.0923. The standard InChI is InChI=1S/2C10H10N4O2.H2O4S.H2O/c2*1-16-10-3-2-8(4-9(10)15)5-13-14-6-11-12-7-14;1-5(2,3)4;/h2*2-7,15H,1H3;(H2,1,2,3,4);1H2/b2*13-5+;;. The summed E-state index contributed by atoms with van der Waals surface area (Å²) in [5.74, 6) is 1.05. The van der Waals surface area contributed by atoms with Crippen LogP contribution in [0.25, 0.3) is 0 Å². The van der Waals surface area contributed by atoms with Gasteiger partial charge in [0.25, 0.3) is 12.7 Å². The third-order valence-corrected chi connectivity index (χ3v) is 3.97. The van der Waals surface area contributed by atoms with Crippen LogP contribution in [0.2, 0.25) is 0 Å². The second-order valence-electron chi connectivity index (χ2n) is 6.53. The van der Waals surface area contributed by atoms with E-state index in [9.17, 15) is 10.2 Å². The van der Waals surface area contributed by atoms with Gasteiger partial charge >= 0.3 is 0 Å². The van der Waals surface area contributed by atoms with Gasteiger partial charge in [0, 0.05) is 20.6 Å². The predicted octanol–water partition coefficient (Wildman–Crippen LogP) is -1.58. The summed E-state index contributed by atoms with van der Waals surface area (Å²) in [7, 11) is -2.16. The molecule has 18 heteroatoms. The fraction of sp³-hybridized carbons (Fsp3) is 0.100. The van der Waals surface area contributed by atoms with Gasteiger partial charge in [-0.2, -0.15) is 0 Å². The van der Waals surface area contributed by atoms with E-state index < -0.39 is 10.4 Å². The van der Waals surface area contributed by atoms with Crippen molar-refractivity contribution in [3.8, 4) is 23.0 Å². The van der Waals surface area contributed by atoms with Crippen molar-refractivity contribution in [3.63, 3.8) is 0 Å². The Balaban J connectivity index is 0.000000317. The summed E-state index contributed by atoms with van der Waals surface area (Å²) in [6.45, 7) is 0. The van der Waals surface area contributed by atoms with E-state index in [0.29, 0.717) is 11.5 Å². The summed E-state index contributed by atoms with van der Waals surface area (Å²) in [5, 5.41) is 40.0. The van der Waals surface area contributed by atoms with Crippen LogP contribution in [0.15, 0.2) is 71.9 Å². The van der Waals surface area contributed by atoms with Crippen LogP contribution in [-0.2, 0) is 10.4 Å². The molecule has 0 radical (unpaired) electrons. The summed E-state index contributed by atoms with van der Waals surface area (Å²) in [4.78, 5) is 0. The van der Waals surface area contributed by atoms with E-state index in [0.717, 1.165) is 11.1 Å². The molecular formula is C20H24N8O9S. The van der Waals surface area contributed by atoms with Gasteiger partial charge in [0.2, 0.25) is 12.7 Å². The number of hydrogen-bond donors (Lipinski definition) is 4. The van der Waals surface area contributed by atoms with Crippen molar-refractivity contribution in [1.29, 1.82) is 0 Å². The largest absolute Gasteiger partial charge is 0.759 e. The number of aromatic hydroxyl groups is 2. The third kappa shape index (κ3) is 11.7. The summed E-state index contributed by atoms with van der Waals surface area (Å²) < 4.78 is 47.0. The molecule has 2 aromatic carbocycles. The summed E-state index contributed by atoms with van der Waals surface area (Å²) in [5.41, 5.74) is 1.54. The number of nitrogens with one attached hydrogen (secondary N) is 2. The molecule has 4 rings (SSSR count). The molecule has 0 amide bonds. The molecule has 2 aromatic heterocycles. The molecule has 0 aliphatic carbocycles. The summed E-state index contributed by atoms with van der Waals surface area (Å²) >= 11 is 0. The zero-order valence-corrected chi connectivity index (χ0v) is 20.7. The maximum Gasteiger partial charge on any atom is 0.288 e. The highest BCUT2D eigenvalue weighted by Crippen LogP contribution is 2.26. The monoisotopic (exact) mass is 552 g/mol. The van der Waals surface area contributed by atoms with Crippen molar-refractivity contribution >= 4 is 22.8 Å². The molecule has 17 nitrogen and oxygen atoms in total. The molecule has 0 fully saturated rings. The first kappa shape index (κ1) is 31.1. The second kappa shape index (κ2) is 15.3. The second-order valence-corrected chi connectivity index (χ2v) is 7.34. The SMILES string of the molecule is COc1ccc(/C=N/[n+]2cn[nH]c2)cc1O.COc1ccc(/C=N/[n+]2cn[nH]c2)cc1O.O.O=S(=O)([O-])[O-]. The Bertz CT molecular complexity index is 1310. The number of H-pyrrole nitrogens is 2. The van der Waals surface area contributed by atoms with E-state index >= 15 is 0 Å². The van der Waals surface area contributed by atoms with Gasteiger partial charge in [-0.3, -0.25) is 8.42 Å². The van der Waals surface area contributed by atoms with Crippen molar-refractivity contribution in [1.82, 2.24) is 20.4 Å². The number of hydrogen-bond acceptors (Lipinski definition) is 12. The van der Waals surface area contributed by atoms with Gasteiger partial charge in [-0.25, -0.2) is 0 Å². The number of phenols is 2. The zero-order chi connectivity index (χ0) is 27.3. The lowest BCUT2D eigenvalue weighted by Gasteiger charge is -2.06. The zero-order valence-electron chi connectivity index (χ0n) is 19.9. The predicted molar refractivity (Wildman–Crippen MR) is 127 cm³/mol. The van der Waals surface area contributed by atoms with Crippen molar-refractivity contribution < 1.29 is 52.0 Å². The minimum Gasteiger partial charge on any atom is -0.759 e. The van der Waals surface area contributed by atoms with E-state index in [4.69, 9.17) is 27.0 Å². The molecule has 2 heterocycles. The Hall–Kier alpha value is -4.91. The van der Waals surface area contributed by atoms with Gasteiger partial charge in [-0.15, -0.1) is 29.8 Å². The number of nitrogens with zero attached hydrogens (tertiary/aromatic N) is 6. The molecule has 0 bridgehead atoms. The molecule has 0 saturated heterocycles. The number of methoxy groups -OCH3 is 2. The minimum absolute atomic E-state index is 0. The average molecular weight is 553 g/mol. The Morgan fingerprint density at radius 2 is 1.21 bits per heavy atom. The third-order valence-electron chi connectivity index (χ3n) is 3.97. The maximum atomic E-state index is 9.54.